The van der Waals surface area contributed by atoms with Gasteiger partial charge in [-0.1, -0.05) is 27.2 Å². The van der Waals surface area contributed by atoms with Crippen molar-refractivity contribution in [2.75, 3.05) is 0 Å². The van der Waals surface area contributed by atoms with Crippen molar-refractivity contribution in [2.24, 2.45) is 11.3 Å². The van der Waals surface area contributed by atoms with E-state index in [1.54, 1.807) is 20.1 Å². The molecular weight excluding hydrogens is 217 g/mol. The van der Waals surface area contributed by atoms with Gasteiger partial charge in [-0.15, -0.1) is 0 Å². The Hall–Kier alpha value is 0.444. The maximum Gasteiger partial charge on any atom is 0 e. The Morgan fingerprint density at radius 1 is 1.45 bits per heavy atom. The Morgan fingerprint density at radius 3 is 2.00 bits per heavy atom. The van der Waals surface area contributed by atoms with Crippen LogP contribution in [0.1, 0.15) is 27.2 Å². The van der Waals surface area contributed by atoms with Gasteiger partial charge in [-0.05, 0) is 0 Å². The van der Waals surface area contributed by atoms with Gasteiger partial charge in [0.2, 0.25) is 0 Å². The Labute approximate surface area is 93.0 Å². The van der Waals surface area contributed by atoms with Crippen LogP contribution in [0.3, 0.4) is 0 Å². The average Bonchev–Trinajstić information content (AvgIpc) is 2.01. The zero-order valence-corrected chi connectivity index (χ0v) is 10.0. The topological polar surface area (TPSA) is 34.1 Å². The van der Waals surface area contributed by atoms with Gasteiger partial charge in [-0.2, -0.15) is 11.3 Å². The van der Waals surface area contributed by atoms with Crippen LogP contribution in [-0.4, -0.2) is 12.6 Å². The van der Waals surface area contributed by atoms with Crippen molar-refractivity contribution in [3.63, 3.8) is 0 Å². The predicted molar refractivity (Wildman–Crippen MR) is 38.9 cm³/mol. The molecule has 0 aromatic carbocycles. The van der Waals surface area contributed by atoms with E-state index in [0.29, 0.717) is 6.42 Å². The summed E-state index contributed by atoms with van der Waals surface area (Å²) < 4.78 is 0. The maximum absolute atomic E-state index is 10.4. The third-order valence-electron chi connectivity index (χ3n) is 2.10. The first-order valence-electron chi connectivity index (χ1n) is 3.37. The molecule has 0 aromatic heterocycles. The first-order chi connectivity index (χ1) is 4.60. The normalized spacial score (nSPS) is 17.4. The molecule has 0 saturated carbocycles. The van der Waals surface area contributed by atoms with E-state index < -0.39 is 5.41 Å². The third kappa shape index (κ3) is 3.57. The monoisotopic (exact) mass is 229 g/mol. The first-order valence-corrected chi connectivity index (χ1v) is 3.37. The summed E-state index contributed by atoms with van der Waals surface area (Å²) in [5.41, 5.74) is -0.637. The van der Waals surface area contributed by atoms with Crippen LogP contribution >= 0.6 is 0 Å². The van der Waals surface area contributed by atoms with Crippen molar-refractivity contribution in [3.8, 4) is 0 Å². The molecule has 0 aliphatic rings. The molecule has 0 fully saturated rings. The van der Waals surface area contributed by atoms with E-state index >= 15 is 0 Å². The summed E-state index contributed by atoms with van der Waals surface area (Å²) in [6.07, 6.45) is 4.29. The quantitative estimate of drug-likeness (QED) is 0.680. The minimum atomic E-state index is -0.637. The summed E-state index contributed by atoms with van der Waals surface area (Å²) in [7, 11) is 0. The van der Waals surface area contributed by atoms with Crippen LogP contribution in [0.5, 0.6) is 0 Å². The van der Waals surface area contributed by atoms with Gasteiger partial charge in [-0.25, -0.2) is 0 Å². The van der Waals surface area contributed by atoms with Crippen molar-refractivity contribution >= 4 is 12.6 Å². The average molecular weight is 229 g/mol. The summed E-state index contributed by atoms with van der Waals surface area (Å²) in [5, 5.41) is 0. The fraction of sp³-hybridized carbons (Fsp3) is 0.750. The van der Waals surface area contributed by atoms with Crippen LogP contribution in [0.4, 0.5) is 0 Å². The minimum Gasteiger partial charge on any atom is -0.542 e. The molecule has 0 amide bonds. The molecule has 1 radical (unpaired) electrons. The van der Waals surface area contributed by atoms with E-state index in [2.05, 4.69) is 0 Å². The molecule has 0 bridgehead atoms. The molecule has 3 heteroatoms. The molecule has 2 atom stereocenters. The van der Waals surface area contributed by atoms with Crippen molar-refractivity contribution in [1.29, 1.82) is 0 Å². The summed E-state index contributed by atoms with van der Waals surface area (Å²) in [6, 6.07) is 0. The van der Waals surface area contributed by atoms with Crippen molar-refractivity contribution in [3.05, 3.63) is 0 Å². The summed E-state index contributed by atoms with van der Waals surface area (Å²) in [4.78, 5) is 20.5. The van der Waals surface area contributed by atoms with Crippen molar-refractivity contribution in [2.45, 2.75) is 27.2 Å². The van der Waals surface area contributed by atoms with E-state index in [1.807, 2.05) is 13.2 Å². The second kappa shape index (κ2) is 6.02. The van der Waals surface area contributed by atoms with E-state index in [4.69, 9.17) is 0 Å². The zero-order chi connectivity index (χ0) is 8.20. The zero-order valence-electron chi connectivity index (χ0n) is 7.18. The van der Waals surface area contributed by atoms with Crippen LogP contribution < -0.4 is 0 Å². The van der Waals surface area contributed by atoms with Gasteiger partial charge in [0.15, 0.2) is 0 Å². The standard InChI is InChI=1S/C8H12O2.Y/c1-4-8(3,6-10)7(2)5-9;/h7H,4H2,1-3H3;/q-2;. The molecule has 61 valence electrons. The molecule has 0 aromatic rings. The number of hydrogen-bond donors (Lipinski definition) is 0. The third-order valence-corrected chi connectivity index (χ3v) is 2.10. The molecule has 0 spiro atoms. The van der Waals surface area contributed by atoms with Gasteiger partial charge in [-0.3, -0.25) is 12.6 Å². The van der Waals surface area contributed by atoms with Crippen molar-refractivity contribution in [1.82, 2.24) is 0 Å². The van der Waals surface area contributed by atoms with Crippen LogP contribution in [0, 0.1) is 11.3 Å². The Kier molecular flexibility index (Phi) is 7.65. The minimum absolute atomic E-state index is 0. The maximum atomic E-state index is 10.4. The predicted octanol–water partition coefficient (Wildman–Crippen LogP) is 1.26. The van der Waals surface area contributed by atoms with Crippen molar-refractivity contribution < 1.29 is 42.3 Å². The van der Waals surface area contributed by atoms with Gasteiger partial charge in [0.25, 0.3) is 0 Å². The van der Waals surface area contributed by atoms with Gasteiger partial charge in [0, 0.05) is 32.7 Å². The van der Waals surface area contributed by atoms with Gasteiger partial charge >= 0.3 is 0 Å². The fourth-order valence-electron chi connectivity index (χ4n) is 0.597. The fourth-order valence-corrected chi connectivity index (χ4v) is 0.597. The Bertz CT molecular complexity index is 136. The SMILES string of the molecule is CCC(C)([C-]=O)C(C)[C-]=O.[Y]. The van der Waals surface area contributed by atoms with E-state index in [9.17, 15) is 9.59 Å². The van der Waals surface area contributed by atoms with E-state index in [1.165, 1.54) is 0 Å². The number of hydrogen-bond acceptors (Lipinski definition) is 2. The van der Waals surface area contributed by atoms with Crippen LogP contribution in [0.25, 0.3) is 0 Å². The van der Waals surface area contributed by atoms with Crippen LogP contribution in [-0.2, 0) is 42.3 Å². The number of carbonyl (C=O) groups excluding carboxylic acids is 2. The molecule has 0 saturated heterocycles. The van der Waals surface area contributed by atoms with E-state index in [0.717, 1.165) is 0 Å². The molecule has 0 aliphatic carbocycles. The summed E-state index contributed by atoms with van der Waals surface area (Å²) >= 11 is 0. The van der Waals surface area contributed by atoms with Gasteiger partial charge in [0.05, 0.1) is 0 Å². The summed E-state index contributed by atoms with van der Waals surface area (Å²) in [6.45, 7) is 5.26. The largest absolute Gasteiger partial charge is 0.542 e. The molecule has 2 nitrogen and oxygen atoms in total. The van der Waals surface area contributed by atoms with Gasteiger partial charge in [0.1, 0.15) is 0 Å². The number of rotatable bonds is 4. The molecular formula is C8H12O2Y-2. The first kappa shape index (κ1) is 14.0. The smallest absolute Gasteiger partial charge is 0 e. The second-order valence-corrected chi connectivity index (χ2v) is 2.71. The Balaban J connectivity index is 0. The Morgan fingerprint density at radius 2 is 1.91 bits per heavy atom. The van der Waals surface area contributed by atoms with Crippen LogP contribution in [0.15, 0.2) is 0 Å². The molecule has 2 unspecified atom stereocenters. The molecule has 0 rings (SSSR count). The molecule has 0 heterocycles. The molecule has 11 heavy (non-hydrogen) atoms. The molecule has 0 aliphatic heterocycles. The van der Waals surface area contributed by atoms with E-state index in [-0.39, 0.29) is 38.6 Å². The summed E-state index contributed by atoms with van der Waals surface area (Å²) in [5.74, 6) is -0.352. The van der Waals surface area contributed by atoms with Crippen LogP contribution in [0.2, 0.25) is 0 Å². The molecule has 0 N–H and O–H groups in total. The second-order valence-electron chi connectivity index (χ2n) is 2.71. The van der Waals surface area contributed by atoms with Gasteiger partial charge < -0.3 is 9.59 Å².